The number of anilines is 1. The lowest BCUT2D eigenvalue weighted by Crippen LogP contribution is -2.12. The number of nitrogens with zero attached hydrogens (tertiary/aromatic N) is 2. The lowest BCUT2D eigenvalue weighted by Gasteiger charge is -2.09. The van der Waals surface area contributed by atoms with E-state index in [0.717, 1.165) is 31.9 Å². The van der Waals surface area contributed by atoms with Crippen molar-refractivity contribution >= 4 is 34.2 Å². The van der Waals surface area contributed by atoms with Crippen molar-refractivity contribution in [2.45, 2.75) is 6.92 Å². The van der Waals surface area contributed by atoms with E-state index in [1.165, 1.54) is 0 Å². The van der Waals surface area contributed by atoms with Crippen molar-refractivity contribution < 1.29 is 4.79 Å². The molecule has 1 amide bonds. The number of rotatable bonds is 4. The number of halogens is 1. The molecule has 28 heavy (non-hydrogen) atoms. The average Bonchev–Trinajstić information content (AvgIpc) is 3.12. The van der Waals surface area contributed by atoms with Gasteiger partial charge in [0.25, 0.3) is 5.91 Å². The van der Waals surface area contributed by atoms with Crippen molar-refractivity contribution in [3.8, 4) is 16.9 Å². The van der Waals surface area contributed by atoms with Crippen molar-refractivity contribution in [2.75, 3.05) is 5.32 Å². The number of benzene rings is 3. The molecule has 0 saturated carbocycles. The van der Waals surface area contributed by atoms with Gasteiger partial charge in [-0.3, -0.25) is 4.79 Å². The number of amides is 1. The molecule has 3 aromatic carbocycles. The number of carbonyl (C=O) groups excluding carboxylic acids is 1. The van der Waals surface area contributed by atoms with Crippen LogP contribution in [0.2, 0.25) is 0 Å². The average molecular weight is 479 g/mol. The van der Waals surface area contributed by atoms with Gasteiger partial charge in [0.2, 0.25) is 0 Å². The molecule has 0 aliphatic carbocycles. The van der Waals surface area contributed by atoms with Crippen molar-refractivity contribution in [1.29, 1.82) is 0 Å². The first-order valence-corrected chi connectivity index (χ1v) is 9.97. The number of hydrogen-bond donors (Lipinski definition) is 1. The molecule has 0 aliphatic heterocycles. The summed E-state index contributed by atoms with van der Waals surface area (Å²) in [6, 6.07) is 27.4. The highest BCUT2D eigenvalue weighted by atomic mass is 127. The maximum atomic E-state index is 12.5. The van der Waals surface area contributed by atoms with E-state index in [0.29, 0.717) is 5.56 Å². The second-order valence-electron chi connectivity index (χ2n) is 6.46. The summed E-state index contributed by atoms with van der Waals surface area (Å²) in [5, 5.41) is 7.54. The van der Waals surface area contributed by atoms with Gasteiger partial charge in [-0.25, -0.2) is 4.68 Å². The summed E-state index contributed by atoms with van der Waals surface area (Å²) in [5.41, 5.74) is 5.37. The zero-order valence-electron chi connectivity index (χ0n) is 15.3. The molecule has 4 rings (SSSR count). The summed E-state index contributed by atoms with van der Waals surface area (Å²) in [6.45, 7) is 1.98. The van der Waals surface area contributed by atoms with E-state index in [4.69, 9.17) is 0 Å². The molecule has 5 heteroatoms. The van der Waals surface area contributed by atoms with Crippen LogP contribution in [0.15, 0.2) is 84.9 Å². The molecule has 0 saturated heterocycles. The van der Waals surface area contributed by atoms with Crippen LogP contribution in [0, 0.1) is 10.5 Å². The minimum Gasteiger partial charge on any atom is -0.322 e. The first-order chi connectivity index (χ1) is 13.6. The predicted octanol–water partition coefficient (Wildman–Crippen LogP) is 5.70. The lowest BCUT2D eigenvalue weighted by molar-refractivity contribution is 0.102. The third-order valence-electron chi connectivity index (χ3n) is 4.38. The van der Waals surface area contributed by atoms with Gasteiger partial charge in [0, 0.05) is 20.4 Å². The van der Waals surface area contributed by atoms with E-state index < -0.39 is 0 Å². The van der Waals surface area contributed by atoms with Crippen LogP contribution in [-0.2, 0) is 0 Å². The van der Waals surface area contributed by atoms with Crippen LogP contribution in [0.5, 0.6) is 0 Å². The molecule has 1 heterocycles. The maximum absolute atomic E-state index is 12.5. The Hall–Kier alpha value is -2.93. The minimum absolute atomic E-state index is 0.132. The summed E-state index contributed by atoms with van der Waals surface area (Å²) >= 11 is 2.24. The molecule has 1 aromatic heterocycles. The van der Waals surface area contributed by atoms with Crippen LogP contribution >= 0.6 is 22.6 Å². The van der Waals surface area contributed by atoms with Crippen LogP contribution in [-0.4, -0.2) is 15.7 Å². The molecular formula is C23H18IN3O. The Bertz CT molecular complexity index is 1100. The Morgan fingerprint density at radius 1 is 0.929 bits per heavy atom. The first kappa shape index (κ1) is 18.4. The number of nitrogens with one attached hydrogen (secondary N) is 1. The Morgan fingerprint density at radius 3 is 2.29 bits per heavy atom. The molecule has 0 atom stereocenters. The summed E-state index contributed by atoms with van der Waals surface area (Å²) in [6.07, 6.45) is 0. The number of carbonyl (C=O) groups is 1. The summed E-state index contributed by atoms with van der Waals surface area (Å²) < 4.78 is 3.04. The molecule has 138 valence electrons. The zero-order chi connectivity index (χ0) is 19.5. The smallest absolute Gasteiger partial charge is 0.255 e. The highest BCUT2D eigenvalue weighted by Crippen LogP contribution is 2.24. The molecule has 0 fully saturated rings. The van der Waals surface area contributed by atoms with E-state index >= 15 is 0 Å². The summed E-state index contributed by atoms with van der Waals surface area (Å²) in [7, 11) is 0. The molecule has 0 bridgehead atoms. The monoisotopic (exact) mass is 479 g/mol. The van der Waals surface area contributed by atoms with Gasteiger partial charge in [-0.2, -0.15) is 5.10 Å². The van der Waals surface area contributed by atoms with Crippen LogP contribution in [0.1, 0.15) is 16.1 Å². The lowest BCUT2D eigenvalue weighted by atomic mass is 10.1. The minimum atomic E-state index is -0.132. The van der Waals surface area contributed by atoms with Crippen molar-refractivity contribution in [1.82, 2.24) is 9.78 Å². The van der Waals surface area contributed by atoms with Crippen LogP contribution < -0.4 is 5.32 Å². The van der Waals surface area contributed by atoms with Crippen molar-refractivity contribution in [3.05, 3.63) is 99.8 Å². The third-order valence-corrected chi connectivity index (χ3v) is 5.10. The molecule has 0 spiro atoms. The van der Waals surface area contributed by atoms with Crippen LogP contribution in [0.3, 0.4) is 0 Å². The highest BCUT2D eigenvalue weighted by molar-refractivity contribution is 14.1. The van der Waals surface area contributed by atoms with Gasteiger partial charge in [0.15, 0.2) is 0 Å². The first-order valence-electron chi connectivity index (χ1n) is 8.89. The van der Waals surface area contributed by atoms with Gasteiger partial charge in [-0.05, 0) is 84.1 Å². The Morgan fingerprint density at radius 2 is 1.61 bits per heavy atom. The fourth-order valence-corrected chi connectivity index (χ4v) is 3.36. The Labute approximate surface area is 177 Å². The van der Waals surface area contributed by atoms with Gasteiger partial charge in [-0.15, -0.1) is 0 Å². The van der Waals surface area contributed by atoms with Crippen LogP contribution in [0.25, 0.3) is 16.9 Å². The number of hydrogen-bond acceptors (Lipinski definition) is 2. The van der Waals surface area contributed by atoms with Crippen molar-refractivity contribution in [3.63, 3.8) is 0 Å². The third kappa shape index (κ3) is 3.99. The zero-order valence-corrected chi connectivity index (χ0v) is 17.4. The van der Waals surface area contributed by atoms with Crippen LogP contribution in [0.4, 0.5) is 5.69 Å². The van der Waals surface area contributed by atoms with Gasteiger partial charge >= 0.3 is 0 Å². The molecule has 4 aromatic rings. The van der Waals surface area contributed by atoms with E-state index in [1.807, 2.05) is 78.3 Å². The quantitative estimate of drug-likeness (QED) is 0.382. The standard InChI is InChI=1S/C23H18IN3O/c1-16-15-22(17-5-3-2-4-6-17)27(26-16)21-13-7-18(8-14-21)23(28)25-20-11-9-19(24)10-12-20/h2-15H,1H3,(H,25,28). The molecule has 0 aliphatic rings. The maximum Gasteiger partial charge on any atom is 0.255 e. The van der Waals surface area contributed by atoms with Gasteiger partial charge in [0.1, 0.15) is 0 Å². The van der Waals surface area contributed by atoms with E-state index in [1.54, 1.807) is 0 Å². The van der Waals surface area contributed by atoms with E-state index in [9.17, 15) is 4.79 Å². The second kappa shape index (κ2) is 7.98. The van der Waals surface area contributed by atoms with Gasteiger partial charge < -0.3 is 5.32 Å². The Balaban J connectivity index is 1.59. The Kier molecular flexibility index (Phi) is 5.25. The number of aromatic nitrogens is 2. The normalized spacial score (nSPS) is 10.6. The number of aryl methyl sites for hydroxylation is 1. The molecule has 1 N–H and O–H groups in total. The summed E-state index contributed by atoms with van der Waals surface area (Å²) in [4.78, 5) is 12.5. The molecular weight excluding hydrogens is 461 g/mol. The van der Waals surface area contributed by atoms with E-state index in [2.05, 4.69) is 51.2 Å². The SMILES string of the molecule is Cc1cc(-c2ccccc2)n(-c2ccc(C(=O)Nc3ccc(I)cc3)cc2)n1. The predicted molar refractivity (Wildman–Crippen MR) is 121 cm³/mol. The fourth-order valence-electron chi connectivity index (χ4n) is 3.00. The molecule has 0 radical (unpaired) electrons. The highest BCUT2D eigenvalue weighted by Gasteiger charge is 2.11. The fraction of sp³-hybridized carbons (Fsp3) is 0.0435. The second-order valence-corrected chi connectivity index (χ2v) is 7.70. The summed E-state index contributed by atoms with van der Waals surface area (Å²) in [5.74, 6) is -0.132. The van der Waals surface area contributed by atoms with E-state index in [-0.39, 0.29) is 5.91 Å². The largest absolute Gasteiger partial charge is 0.322 e. The topological polar surface area (TPSA) is 46.9 Å². The van der Waals surface area contributed by atoms with Gasteiger partial charge in [0.05, 0.1) is 17.1 Å². The molecule has 0 unspecified atom stereocenters. The van der Waals surface area contributed by atoms with Crippen molar-refractivity contribution in [2.24, 2.45) is 0 Å². The molecule has 4 nitrogen and oxygen atoms in total. The van der Waals surface area contributed by atoms with Gasteiger partial charge in [-0.1, -0.05) is 30.3 Å².